The summed E-state index contributed by atoms with van der Waals surface area (Å²) in [4.78, 5) is 29.3. The largest absolute Gasteiger partial charge is 0.481 e. The smallest absolute Gasteiger partial charge is 0.309 e. The average Bonchev–Trinajstić information content (AvgIpc) is 2.90. The van der Waals surface area contributed by atoms with Crippen LogP contribution in [0.4, 0.5) is 0 Å². The number of carboxylic acids is 1. The van der Waals surface area contributed by atoms with Crippen LogP contribution in [0.5, 0.6) is 0 Å². The minimum Gasteiger partial charge on any atom is -0.481 e. The van der Waals surface area contributed by atoms with E-state index in [0.29, 0.717) is 56.9 Å². The second-order valence-corrected chi connectivity index (χ2v) is 5.56. The molecule has 1 aromatic heterocycles. The molecule has 1 aliphatic heterocycles. The number of amides is 1. The topological polar surface area (TPSA) is 96.5 Å². The number of aliphatic carboxylic acids is 1. The molecule has 7 nitrogen and oxygen atoms in total. The molecule has 21 heavy (non-hydrogen) atoms. The lowest BCUT2D eigenvalue weighted by atomic mass is 9.76. The summed E-state index contributed by atoms with van der Waals surface area (Å²) in [6.45, 7) is 4.63. The van der Waals surface area contributed by atoms with Crippen molar-refractivity contribution in [3.63, 3.8) is 0 Å². The molecule has 1 aromatic rings. The van der Waals surface area contributed by atoms with Gasteiger partial charge in [-0.25, -0.2) is 0 Å². The first kappa shape index (κ1) is 15.5. The second-order valence-electron chi connectivity index (χ2n) is 5.56. The molecular weight excluding hydrogens is 274 g/mol. The second kappa shape index (κ2) is 6.24. The number of rotatable bonds is 5. The minimum absolute atomic E-state index is 0.0148. The fourth-order valence-electron chi connectivity index (χ4n) is 2.72. The van der Waals surface area contributed by atoms with Crippen LogP contribution in [0.1, 0.15) is 44.3 Å². The van der Waals surface area contributed by atoms with E-state index in [1.807, 2.05) is 6.92 Å². The highest BCUT2D eigenvalue weighted by atomic mass is 16.5. The Morgan fingerprint density at radius 3 is 2.52 bits per heavy atom. The van der Waals surface area contributed by atoms with Gasteiger partial charge in [0.2, 0.25) is 11.8 Å². The number of hydrogen-bond donors (Lipinski definition) is 1. The SMILES string of the molecule is CCC1(C(=O)O)CCN(C(=O)CCc2nc(C)no2)CC1. The van der Waals surface area contributed by atoms with Crippen LogP contribution < -0.4 is 0 Å². The molecule has 0 aromatic carbocycles. The molecule has 0 bridgehead atoms. The molecule has 1 fully saturated rings. The number of carboxylic acid groups (broad SMARTS) is 1. The maximum absolute atomic E-state index is 12.1. The fourth-order valence-corrected chi connectivity index (χ4v) is 2.72. The fraction of sp³-hybridized carbons (Fsp3) is 0.714. The molecule has 2 heterocycles. The first-order valence-corrected chi connectivity index (χ1v) is 7.27. The molecule has 0 aliphatic carbocycles. The van der Waals surface area contributed by atoms with Crippen LogP contribution >= 0.6 is 0 Å². The maximum atomic E-state index is 12.1. The van der Waals surface area contributed by atoms with Crippen molar-refractivity contribution in [3.05, 3.63) is 11.7 Å². The van der Waals surface area contributed by atoms with Gasteiger partial charge in [-0.1, -0.05) is 12.1 Å². The normalized spacial score (nSPS) is 17.7. The molecule has 0 spiro atoms. The third kappa shape index (κ3) is 3.40. The van der Waals surface area contributed by atoms with Crippen molar-refractivity contribution in [2.45, 2.75) is 46.0 Å². The van der Waals surface area contributed by atoms with Crippen molar-refractivity contribution >= 4 is 11.9 Å². The molecular formula is C14H21N3O4. The van der Waals surface area contributed by atoms with Gasteiger partial charge in [-0.15, -0.1) is 0 Å². The van der Waals surface area contributed by atoms with Crippen LogP contribution in [-0.4, -0.2) is 45.1 Å². The molecule has 0 saturated carbocycles. The summed E-state index contributed by atoms with van der Waals surface area (Å²) in [6.07, 6.45) is 2.38. The van der Waals surface area contributed by atoms with E-state index in [-0.39, 0.29) is 5.91 Å². The lowest BCUT2D eigenvalue weighted by molar-refractivity contribution is -0.154. The van der Waals surface area contributed by atoms with Crippen LogP contribution in [0, 0.1) is 12.3 Å². The zero-order chi connectivity index (χ0) is 15.5. The Morgan fingerprint density at radius 1 is 1.38 bits per heavy atom. The predicted octanol–water partition coefficient (Wildman–Crippen LogP) is 1.41. The molecule has 2 rings (SSSR count). The van der Waals surface area contributed by atoms with Crippen LogP contribution in [0.2, 0.25) is 0 Å². The molecule has 1 saturated heterocycles. The summed E-state index contributed by atoms with van der Waals surface area (Å²) >= 11 is 0. The Kier molecular flexibility index (Phi) is 4.59. The van der Waals surface area contributed by atoms with E-state index in [0.717, 1.165) is 0 Å². The highest BCUT2D eigenvalue weighted by Crippen LogP contribution is 2.35. The van der Waals surface area contributed by atoms with Crippen LogP contribution in [0.15, 0.2) is 4.52 Å². The summed E-state index contributed by atoms with van der Waals surface area (Å²) in [5, 5.41) is 13.0. The molecule has 0 atom stereocenters. The summed E-state index contributed by atoms with van der Waals surface area (Å²) in [5.41, 5.74) is -0.666. The highest BCUT2D eigenvalue weighted by Gasteiger charge is 2.40. The summed E-state index contributed by atoms with van der Waals surface area (Å²) in [5.74, 6) is 0.287. The zero-order valence-electron chi connectivity index (χ0n) is 12.5. The van der Waals surface area contributed by atoms with E-state index < -0.39 is 11.4 Å². The van der Waals surface area contributed by atoms with Gasteiger partial charge < -0.3 is 14.5 Å². The van der Waals surface area contributed by atoms with E-state index >= 15 is 0 Å². The van der Waals surface area contributed by atoms with Gasteiger partial charge in [0, 0.05) is 25.9 Å². The van der Waals surface area contributed by atoms with Gasteiger partial charge in [-0.3, -0.25) is 9.59 Å². The van der Waals surface area contributed by atoms with Crippen molar-refractivity contribution in [2.24, 2.45) is 5.41 Å². The lowest BCUT2D eigenvalue weighted by Gasteiger charge is -2.38. The Labute approximate surface area is 123 Å². The lowest BCUT2D eigenvalue weighted by Crippen LogP contribution is -2.46. The van der Waals surface area contributed by atoms with Gasteiger partial charge in [-0.2, -0.15) is 4.98 Å². The number of aryl methyl sites for hydroxylation is 2. The molecule has 116 valence electrons. The van der Waals surface area contributed by atoms with E-state index in [1.165, 1.54) is 0 Å². The molecule has 1 aliphatic rings. The molecule has 0 unspecified atom stereocenters. The molecule has 1 N–H and O–H groups in total. The first-order chi connectivity index (χ1) is 9.97. The monoisotopic (exact) mass is 295 g/mol. The standard InChI is InChI=1S/C14H21N3O4/c1-3-14(13(19)20)6-8-17(9-7-14)12(18)5-4-11-15-10(2)16-21-11/h3-9H2,1-2H3,(H,19,20). The quantitative estimate of drug-likeness (QED) is 0.882. The van der Waals surface area contributed by atoms with Crippen LogP contribution in [0.3, 0.4) is 0 Å². The van der Waals surface area contributed by atoms with Crippen molar-refractivity contribution in [1.29, 1.82) is 0 Å². The number of carbonyl (C=O) groups excluding carboxylic acids is 1. The third-order valence-corrected chi connectivity index (χ3v) is 4.33. The van der Waals surface area contributed by atoms with E-state index in [1.54, 1.807) is 11.8 Å². The summed E-state index contributed by atoms with van der Waals surface area (Å²) < 4.78 is 4.97. The number of likely N-dealkylation sites (tertiary alicyclic amines) is 1. The van der Waals surface area contributed by atoms with Crippen LogP contribution in [0.25, 0.3) is 0 Å². The van der Waals surface area contributed by atoms with E-state index in [2.05, 4.69) is 10.1 Å². The number of aromatic nitrogens is 2. The molecule has 1 amide bonds. The van der Waals surface area contributed by atoms with Crippen LogP contribution in [-0.2, 0) is 16.0 Å². The van der Waals surface area contributed by atoms with E-state index in [4.69, 9.17) is 4.52 Å². The van der Waals surface area contributed by atoms with Crippen molar-refractivity contribution < 1.29 is 19.2 Å². The number of nitrogens with zero attached hydrogens (tertiary/aromatic N) is 3. The average molecular weight is 295 g/mol. The number of carbonyl (C=O) groups is 2. The van der Waals surface area contributed by atoms with Crippen molar-refractivity contribution in [3.8, 4) is 0 Å². The van der Waals surface area contributed by atoms with E-state index in [9.17, 15) is 14.7 Å². The number of hydrogen-bond acceptors (Lipinski definition) is 5. The van der Waals surface area contributed by atoms with Gasteiger partial charge >= 0.3 is 5.97 Å². The maximum Gasteiger partial charge on any atom is 0.309 e. The molecule has 0 radical (unpaired) electrons. The third-order valence-electron chi connectivity index (χ3n) is 4.33. The zero-order valence-corrected chi connectivity index (χ0v) is 12.5. The van der Waals surface area contributed by atoms with Gasteiger partial charge in [-0.05, 0) is 26.2 Å². The van der Waals surface area contributed by atoms with Gasteiger partial charge in [0.25, 0.3) is 0 Å². The Bertz CT molecular complexity index is 518. The van der Waals surface area contributed by atoms with Crippen molar-refractivity contribution in [2.75, 3.05) is 13.1 Å². The number of piperidine rings is 1. The Balaban J connectivity index is 1.84. The highest BCUT2D eigenvalue weighted by molar-refractivity contribution is 5.78. The van der Waals surface area contributed by atoms with Gasteiger partial charge in [0.05, 0.1) is 5.41 Å². The molecule has 7 heteroatoms. The summed E-state index contributed by atoms with van der Waals surface area (Å²) in [7, 11) is 0. The van der Waals surface area contributed by atoms with Crippen molar-refractivity contribution in [1.82, 2.24) is 15.0 Å². The van der Waals surface area contributed by atoms with Gasteiger partial charge in [0.15, 0.2) is 5.82 Å². The predicted molar refractivity (Wildman–Crippen MR) is 73.5 cm³/mol. The first-order valence-electron chi connectivity index (χ1n) is 7.27. The summed E-state index contributed by atoms with van der Waals surface area (Å²) in [6, 6.07) is 0. The van der Waals surface area contributed by atoms with Gasteiger partial charge in [0.1, 0.15) is 0 Å². The Hall–Kier alpha value is -1.92. The Morgan fingerprint density at radius 2 is 2.05 bits per heavy atom. The minimum atomic E-state index is -0.751.